The first-order chi connectivity index (χ1) is 7.73. The van der Waals surface area contributed by atoms with Crippen molar-refractivity contribution in [2.75, 3.05) is 13.1 Å². The van der Waals surface area contributed by atoms with Crippen LogP contribution in [0.3, 0.4) is 0 Å². The summed E-state index contributed by atoms with van der Waals surface area (Å²) >= 11 is 0. The number of aliphatic carboxylic acids is 3. The predicted octanol–water partition coefficient (Wildman–Crippen LogP) is -2.21. The zero-order valence-electron chi connectivity index (χ0n) is 8.70. The molecule has 0 aromatic rings. The number of carboxylic acids is 3. The van der Waals surface area contributed by atoms with Gasteiger partial charge in [-0.25, -0.2) is 0 Å². The summed E-state index contributed by atoms with van der Waals surface area (Å²) in [6.45, 7) is -1.62. The highest BCUT2D eigenvalue weighted by Crippen LogP contribution is 2.04. The zero-order chi connectivity index (χ0) is 13.6. The molecule has 0 unspecified atom stereocenters. The third-order valence-corrected chi connectivity index (χ3v) is 1.80. The van der Waals surface area contributed by atoms with Gasteiger partial charge in [0.15, 0.2) is 0 Å². The standard InChI is InChI=1S/C8H12N2O7/c9-5(11)1-4(8(16)17)10(2-6(12)13)3-7(14)15/h4H,1-3H2,(H2,9,11)(H,12,13)(H,14,15)(H,16,17)/t4-/m0/s1. The topological polar surface area (TPSA) is 158 Å². The number of primary amides is 1. The number of carbonyl (C=O) groups is 4. The lowest BCUT2D eigenvalue weighted by Crippen LogP contribution is -2.48. The molecule has 0 aromatic heterocycles. The Morgan fingerprint density at radius 2 is 1.41 bits per heavy atom. The summed E-state index contributed by atoms with van der Waals surface area (Å²) in [5, 5.41) is 25.8. The van der Waals surface area contributed by atoms with Gasteiger partial charge in [0, 0.05) is 0 Å². The lowest BCUT2D eigenvalue weighted by molar-refractivity contribution is -0.151. The summed E-state index contributed by atoms with van der Waals surface area (Å²) in [5.74, 6) is -5.27. The molecule has 96 valence electrons. The highest BCUT2D eigenvalue weighted by Gasteiger charge is 2.30. The third-order valence-electron chi connectivity index (χ3n) is 1.80. The summed E-state index contributed by atoms with van der Waals surface area (Å²) in [6.07, 6.45) is -0.657. The Balaban J connectivity index is 4.91. The largest absolute Gasteiger partial charge is 0.480 e. The molecule has 0 aliphatic carbocycles. The smallest absolute Gasteiger partial charge is 0.321 e. The molecule has 5 N–H and O–H groups in total. The van der Waals surface area contributed by atoms with E-state index in [0.29, 0.717) is 4.90 Å². The van der Waals surface area contributed by atoms with Gasteiger partial charge in [-0.15, -0.1) is 0 Å². The number of nitrogens with two attached hydrogens (primary N) is 1. The Bertz CT molecular complexity index is 325. The Morgan fingerprint density at radius 3 is 1.65 bits per heavy atom. The van der Waals surface area contributed by atoms with Gasteiger partial charge < -0.3 is 21.1 Å². The number of carboxylic acid groups (broad SMARTS) is 3. The van der Waals surface area contributed by atoms with E-state index >= 15 is 0 Å². The van der Waals surface area contributed by atoms with Gasteiger partial charge in [-0.05, 0) is 0 Å². The highest BCUT2D eigenvalue weighted by atomic mass is 16.4. The predicted molar refractivity (Wildman–Crippen MR) is 52.1 cm³/mol. The molecular formula is C8H12N2O7. The fourth-order valence-corrected chi connectivity index (χ4v) is 1.19. The molecule has 9 heteroatoms. The molecule has 0 fully saturated rings. The fourth-order valence-electron chi connectivity index (χ4n) is 1.19. The monoisotopic (exact) mass is 248 g/mol. The first-order valence-corrected chi connectivity index (χ1v) is 4.42. The minimum Gasteiger partial charge on any atom is -0.480 e. The van der Waals surface area contributed by atoms with Crippen molar-refractivity contribution in [1.29, 1.82) is 0 Å². The summed E-state index contributed by atoms with van der Waals surface area (Å²) in [6, 6.07) is -1.57. The molecule has 0 spiro atoms. The average Bonchev–Trinajstić information content (AvgIpc) is 2.10. The normalized spacial score (nSPS) is 12.1. The van der Waals surface area contributed by atoms with Gasteiger partial charge >= 0.3 is 17.9 Å². The van der Waals surface area contributed by atoms with Crippen molar-refractivity contribution >= 4 is 23.8 Å². The van der Waals surface area contributed by atoms with Crippen molar-refractivity contribution in [3.05, 3.63) is 0 Å². The van der Waals surface area contributed by atoms with E-state index in [1.54, 1.807) is 0 Å². The SMILES string of the molecule is NC(=O)C[C@@H](C(=O)O)N(CC(=O)O)CC(=O)O. The number of amides is 1. The molecule has 0 aromatic carbocycles. The molecule has 0 saturated carbocycles. The lowest BCUT2D eigenvalue weighted by atomic mass is 10.1. The maximum atomic E-state index is 10.8. The quantitative estimate of drug-likeness (QED) is 0.376. The number of hydrogen-bond acceptors (Lipinski definition) is 5. The first kappa shape index (κ1) is 14.8. The Hall–Kier alpha value is -2.16. The van der Waals surface area contributed by atoms with Crippen molar-refractivity contribution in [2.45, 2.75) is 12.5 Å². The van der Waals surface area contributed by atoms with E-state index in [9.17, 15) is 19.2 Å². The van der Waals surface area contributed by atoms with E-state index in [1.165, 1.54) is 0 Å². The van der Waals surface area contributed by atoms with Crippen molar-refractivity contribution in [3.63, 3.8) is 0 Å². The van der Waals surface area contributed by atoms with E-state index in [1.807, 2.05) is 0 Å². The molecule has 1 amide bonds. The summed E-state index contributed by atoms with van der Waals surface area (Å²) in [4.78, 5) is 43.0. The molecule has 0 bridgehead atoms. The lowest BCUT2D eigenvalue weighted by Gasteiger charge is -2.24. The molecule has 0 aliphatic heterocycles. The van der Waals surface area contributed by atoms with Crippen LogP contribution in [-0.4, -0.2) is 63.2 Å². The molecule has 1 atom stereocenters. The van der Waals surface area contributed by atoms with Gasteiger partial charge in [0.2, 0.25) is 5.91 Å². The summed E-state index contributed by atoms with van der Waals surface area (Å²) in [5.41, 5.74) is 4.81. The number of hydrogen-bond donors (Lipinski definition) is 4. The van der Waals surface area contributed by atoms with Gasteiger partial charge in [0.25, 0.3) is 0 Å². The van der Waals surface area contributed by atoms with Crippen molar-refractivity contribution in [2.24, 2.45) is 5.73 Å². The number of nitrogens with zero attached hydrogens (tertiary/aromatic N) is 1. The van der Waals surface area contributed by atoms with Gasteiger partial charge in [0.05, 0.1) is 19.5 Å². The van der Waals surface area contributed by atoms with Crippen LogP contribution in [-0.2, 0) is 19.2 Å². The number of rotatable bonds is 8. The van der Waals surface area contributed by atoms with Crippen LogP contribution < -0.4 is 5.73 Å². The van der Waals surface area contributed by atoms with E-state index in [0.717, 1.165) is 0 Å². The molecule has 0 rings (SSSR count). The minimum atomic E-state index is -1.57. The van der Waals surface area contributed by atoms with E-state index in [-0.39, 0.29) is 0 Å². The van der Waals surface area contributed by atoms with Gasteiger partial charge in [-0.3, -0.25) is 24.1 Å². The maximum Gasteiger partial charge on any atom is 0.321 e. The summed E-state index contributed by atoms with van der Waals surface area (Å²) < 4.78 is 0. The Kier molecular flexibility index (Phi) is 5.61. The summed E-state index contributed by atoms with van der Waals surface area (Å²) in [7, 11) is 0. The third kappa shape index (κ3) is 6.10. The maximum absolute atomic E-state index is 10.8. The second-order valence-electron chi connectivity index (χ2n) is 3.22. The van der Waals surface area contributed by atoms with Gasteiger partial charge in [0.1, 0.15) is 6.04 Å². The molecule has 0 radical (unpaired) electrons. The van der Waals surface area contributed by atoms with Crippen LogP contribution in [0.25, 0.3) is 0 Å². The average molecular weight is 248 g/mol. The zero-order valence-corrected chi connectivity index (χ0v) is 8.70. The van der Waals surface area contributed by atoms with Crippen LogP contribution in [0.4, 0.5) is 0 Å². The molecule has 0 aliphatic rings. The van der Waals surface area contributed by atoms with Crippen LogP contribution in [0.15, 0.2) is 0 Å². The second kappa shape index (κ2) is 6.43. The first-order valence-electron chi connectivity index (χ1n) is 4.42. The van der Waals surface area contributed by atoms with Gasteiger partial charge in [-0.2, -0.15) is 0 Å². The fraction of sp³-hybridized carbons (Fsp3) is 0.500. The number of carbonyl (C=O) groups excluding carboxylic acids is 1. The van der Waals surface area contributed by atoms with Crippen LogP contribution in [0, 0.1) is 0 Å². The molecule has 0 saturated heterocycles. The van der Waals surface area contributed by atoms with Crippen LogP contribution >= 0.6 is 0 Å². The van der Waals surface area contributed by atoms with Crippen LogP contribution in [0.5, 0.6) is 0 Å². The van der Waals surface area contributed by atoms with Crippen molar-refractivity contribution in [1.82, 2.24) is 4.90 Å². The van der Waals surface area contributed by atoms with Crippen molar-refractivity contribution < 1.29 is 34.5 Å². The molecule has 9 nitrogen and oxygen atoms in total. The van der Waals surface area contributed by atoms with Crippen molar-refractivity contribution in [3.8, 4) is 0 Å². The van der Waals surface area contributed by atoms with Crippen LogP contribution in [0.1, 0.15) is 6.42 Å². The van der Waals surface area contributed by atoms with E-state index < -0.39 is 49.4 Å². The Labute approximate surface area is 95.4 Å². The highest BCUT2D eigenvalue weighted by molar-refractivity contribution is 5.84. The molecular weight excluding hydrogens is 236 g/mol. The second-order valence-corrected chi connectivity index (χ2v) is 3.22. The molecule has 17 heavy (non-hydrogen) atoms. The molecule has 0 heterocycles. The van der Waals surface area contributed by atoms with Gasteiger partial charge in [-0.1, -0.05) is 0 Å². The van der Waals surface area contributed by atoms with E-state index in [4.69, 9.17) is 21.1 Å². The Morgan fingerprint density at radius 1 is 1.00 bits per heavy atom. The minimum absolute atomic E-state index is 0.637. The van der Waals surface area contributed by atoms with E-state index in [2.05, 4.69) is 0 Å². The van der Waals surface area contributed by atoms with Crippen LogP contribution in [0.2, 0.25) is 0 Å².